The van der Waals surface area contributed by atoms with Crippen LogP contribution < -0.4 is 4.74 Å². The van der Waals surface area contributed by atoms with Crippen LogP contribution >= 0.6 is 0 Å². The Morgan fingerprint density at radius 1 is 1.25 bits per heavy atom. The van der Waals surface area contributed by atoms with Gasteiger partial charge in [0.25, 0.3) is 0 Å². The lowest BCUT2D eigenvalue weighted by molar-refractivity contribution is 0.192. The molecule has 0 aliphatic carbocycles. The molecule has 0 aliphatic heterocycles. The lowest BCUT2D eigenvalue weighted by atomic mass is 9.84. The molecule has 0 radical (unpaired) electrons. The Hall–Kier alpha value is -1.48. The van der Waals surface area contributed by atoms with Gasteiger partial charge >= 0.3 is 0 Å². The molecule has 1 aromatic rings. The van der Waals surface area contributed by atoms with Crippen molar-refractivity contribution in [1.82, 2.24) is 0 Å². The highest BCUT2D eigenvalue weighted by molar-refractivity contribution is 5.65. The van der Waals surface area contributed by atoms with E-state index in [-0.39, 0.29) is 18.1 Å². The second-order valence-corrected chi connectivity index (χ2v) is 6.11. The quantitative estimate of drug-likeness (QED) is 0.831. The van der Waals surface area contributed by atoms with Crippen LogP contribution in [0.1, 0.15) is 40.2 Å². The lowest BCUT2D eigenvalue weighted by Gasteiger charge is -2.27. The van der Waals surface area contributed by atoms with Crippen LogP contribution in [-0.4, -0.2) is 24.9 Å². The lowest BCUT2D eigenvalue weighted by Crippen LogP contribution is -2.17. The van der Waals surface area contributed by atoms with Gasteiger partial charge in [-0.05, 0) is 31.4 Å². The van der Waals surface area contributed by atoms with Crippen LogP contribution in [0.2, 0.25) is 0 Å². The summed E-state index contributed by atoms with van der Waals surface area (Å²) in [4.78, 5) is 0. The van der Waals surface area contributed by atoms with E-state index in [9.17, 15) is 5.11 Å². The Balaban J connectivity index is 3.40. The number of aliphatic hydroxyl groups is 1. The smallest absolute Gasteiger partial charge is 0.129 e. The third-order valence-corrected chi connectivity index (χ3v) is 3.02. The molecular formula is C17H26O3. The summed E-state index contributed by atoms with van der Waals surface area (Å²) in [6.45, 7) is 10.2. The summed E-state index contributed by atoms with van der Waals surface area (Å²) in [5.41, 5.74) is 1.65. The number of aliphatic hydroxyl groups excluding tert-OH is 1. The zero-order valence-corrected chi connectivity index (χ0v) is 13.4. The SMILES string of the molecule is COc1cccc(C(OC(C)C)=C(CO)C(C)(C)C)c1. The number of methoxy groups -OCH3 is 1. The maximum atomic E-state index is 9.76. The van der Waals surface area contributed by atoms with E-state index in [4.69, 9.17) is 9.47 Å². The van der Waals surface area contributed by atoms with Gasteiger partial charge in [-0.15, -0.1) is 0 Å². The Bertz CT molecular complexity index is 467. The molecule has 1 N–H and O–H groups in total. The van der Waals surface area contributed by atoms with Crippen molar-refractivity contribution >= 4 is 5.76 Å². The van der Waals surface area contributed by atoms with Crippen LogP contribution in [0.4, 0.5) is 0 Å². The molecule has 0 fully saturated rings. The molecule has 3 nitrogen and oxygen atoms in total. The van der Waals surface area contributed by atoms with E-state index in [1.165, 1.54) is 0 Å². The van der Waals surface area contributed by atoms with E-state index in [0.717, 1.165) is 22.6 Å². The molecule has 1 rings (SSSR count). The average molecular weight is 278 g/mol. The van der Waals surface area contributed by atoms with E-state index in [1.54, 1.807) is 7.11 Å². The maximum Gasteiger partial charge on any atom is 0.129 e. The summed E-state index contributed by atoms with van der Waals surface area (Å²) in [7, 11) is 1.64. The van der Waals surface area contributed by atoms with Crippen LogP contribution in [-0.2, 0) is 4.74 Å². The highest BCUT2D eigenvalue weighted by Gasteiger charge is 2.23. The van der Waals surface area contributed by atoms with Crippen molar-refractivity contribution in [3.8, 4) is 5.75 Å². The molecule has 3 heteroatoms. The molecule has 0 aliphatic rings. The minimum atomic E-state index is -0.165. The first-order valence-electron chi connectivity index (χ1n) is 6.95. The fourth-order valence-electron chi connectivity index (χ4n) is 1.96. The molecule has 1 aromatic carbocycles. The Kier molecular flexibility index (Phi) is 5.63. The number of rotatable bonds is 5. The molecule has 20 heavy (non-hydrogen) atoms. The minimum absolute atomic E-state index is 0.0250. The molecule has 0 saturated heterocycles. The molecule has 0 unspecified atom stereocenters. The van der Waals surface area contributed by atoms with E-state index in [1.807, 2.05) is 38.1 Å². The van der Waals surface area contributed by atoms with Crippen molar-refractivity contribution in [3.63, 3.8) is 0 Å². The van der Waals surface area contributed by atoms with Crippen molar-refractivity contribution in [2.45, 2.75) is 40.7 Å². The second-order valence-electron chi connectivity index (χ2n) is 6.11. The normalized spacial score (nSPS) is 13.2. The fraction of sp³-hybridized carbons (Fsp3) is 0.529. The molecular weight excluding hydrogens is 252 g/mol. The summed E-state index contributed by atoms with van der Waals surface area (Å²) in [5, 5.41) is 9.76. The van der Waals surface area contributed by atoms with Gasteiger partial charge in [0.05, 0.1) is 19.8 Å². The summed E-state index contributed by atoms with van der Waals surface area (Å²) in [5.74, 6) is 1.52. The molecule has 0 atom stereocenters. The third kappa shape index (κ3) is 4.27. The third-order valence-electron chi connectivity index (χ3n) is 3.02. The monoisotopic (exact) mass is 278 g/mol. The highest BCUT2D eigenvalue weighted by atomic mass is 16.5. The van der Waals surface area contributed by atoms with Crippen molar-refractivity contribution in [2.75, 3.05) is 13.7 Å². The van der Waals surface area contributed by atoms with E-state index < -0.39 is 0 Å². The van der Waals surface area contributed by atoms with Crippen molar-refractivity contribution in [1.29, 1.82) is 0 Å². The van der Waals surface area contributed by atoms with Crippen molar-refractivity contribution < 1.29 is 14.6 Å². The molecule has 0 saturated carbocycles. The predicted molar refractivity (Wildman–Crippen MR) is 82.7 cm³/mol. The van der Waals surface area contributed by atoms with E-state index >= 15 is 0 Å². The second kappa shape index (κ2) is 6.80. The maximum absolute atomic E-state index is 9.76. The summed E-state index contributed by atoms with van der Waals surface area (Å²) in [6.07, 6.45) is 0.0418. The first-order chi connectivity index (χ1) is 9.29. The molecule has 0 aromatic heterocycles. The van der Waals surface area contributed by atoms with Crippen LogP contribution in [0.3, 0.4) is 0 Å². The zero-order valence-electron chi connectivity index (χ0n) is 13.4. The highest BCUT2D eigenvalue weighted by Crippen LogP contribution is 2.34. The number of hydrogen-bond acceptors (Lipinski definition) is 3. The van der Waals surface area contributed by atoms with Gasteiger partial charge in [-0.1, -0.05) is 32.9 Å². The van der Waals surface area contributed by atoms with E-state index in [2.05, 4.69) is 20.8 Å². The van der Waals surface area contributed by atoms with Crippen LogP contribution in [0.25, 0.3) is 5.76 Å². The average Bonchev–Trinajstić information content (AvgIpc) is 2.36. The Morgan fingerprint density at radius 3 is 2.35 bits per heavy atom. The van der Waals surface area contributed by atoms with Crippen LogP contribution in [0, 0.1) is 5.41 Å². The predicted octanol–water partition coefficient (Wildman–Crippen LogP) is 3.87. The van der Waals surface area contributed by atoms with Crippen LogP contribution in [0.15, 0.2) is 29.8 Å². The van der Waals surface area contributed by atoms with Gasteiger partial charge in [-0.25, -0.2) is 0 Å². The molecule has 112 valence electrons. The molecule has 0 heterocycles. The van der Waals surface area contributed by atoms with Crippen molar-refractivity contribution in [2.24, 2.45) is 5.41 Å². The number of ether oxygens (including phenoxy) is 2. The topological polar surface area (TPSA) is 38.7 Å². The van der Waals surface area contributed by atoms with Gasteiger partial charge in [0, 0.05) is 11.1 Å². The first-order valence-corrected chi connectivity index (χ1v) is 6.95. The Morgan fingerprint density at radius 2 is 1.90 bits per heavy atom. The number of hydrogen-bond donors (Lipinski definition) is 1. The van der Waals surface area contributed by atoms with Gasteiger partial charge in [-0.2, -0.15) is 0 Å². The van der Waals surface area contributed by atoms with Gasteiger partial charge in [0.1, 0.15) is 11.5 Å². The standard InChI is InChI=1S/C17H26O3/c1-12(2)20-16(15(11-18)17(3,4)5)13-8-7-9-14(10-13)19-6/h7-10,12,18H,11H2,1-6H3. The largest absolute Gasteiger partial charge is 0.497 e. The molecule has 0 spiro atoms. The van der Waals surface area contributed by atoms with Gasteiger partial charge in [-0.3, -0.25) is 0 Å². The van der Waals surface area contributed by atoms with Crippen molar-refractivity contribution in [3.05, 3.63) is 35.4 Å². The van der Waals surface area contributed by atoms with Gasteiger partial charge < -0.3 is 14.6 Å². The fourth-order valence-corrected chi connectivity index (χ4v) is 1.96. The number of benzene rings is 1. The van der Waals surface area contributed by atoms with Crippen LogP contribution in [0.5, 0.6) is 5.75 Å². The summed E-state index contributed by atoms with van der Waals surface area (Å²) >= 11 is 0. The first kappa shape index (κ1) is 16.6. The summed E-state index contributed by atoms with van der Waals surface area (Å²) < 4.78 is 11.2. The van der Waals surface area contributed by atoms with Gasteiger partial charge in [0.2, 0.25) is 0 Å². The minimum Gasteiger partial charge on any atom is -0.497 e. The zero-order chi connectivity index (χ0) is 15.3. The Labute approximate surface area is 122 Å². The van der Waals surface area contributed by atoms with Gasteiger partial charge in [0.15, 0.2) is 0 Å². The summed E-state index contributed by atoms with van der Waals surface area (Å²) in [6, 6.07) is 7.72. The molecule has 0 amide bonds. The van der Waals surface area contributed by atoms with E-state index in [0.29, 0.717) is 0 Å². The molecule has 0 bridgehead atoms.